The molecule has 0 aliphatic carbocycles. The summed E-state index contributed by atoms with van der Waals surface area (Å²) >= 11 is 0. The lowest BCUT2D eigenvalue weighted by Gasteiger charge is -2.05. The summed E-state index contributed by atoms with van der Waals surface area (Å²) < 4.78 is 5.18. The molecule has 1 rings (SSSR count). The maximum absolute atomic E-state index is 10.9. The van der Waals surface area contributed by atoms with Crippen molar-refractivity contribution in [2.45, 2.75) is 6.61 Å². The third-order valence-corrected chi connectivity index (χ3v) is 1.80. The zero-order valence-corrected chi connectivity index (χ0v) is 8.40. The second-order valence-corrected chi connectivity index (χ2v) is 2.88. The van der Waals surface area contributed by atoms with Gasteiger partial charge in [-0.05, 0) is 17.7 Å². The molecule has 5 nitrogen and oxygen atoms in total. The molecule has 0 aliphatic rings. The molecule has 0 saturated carbocycles. The van der Waals surface area contributed by atoms with E-state index in [1.54, 1.807) is 31.3 Å². The second-order valence-electron chi connectivity index (χ2n) is 2.88. The molecule has 0 saturated heterocycles. The van der Waals surface area contributed by atoms with Crippen LogP contribution in [0.15, 0.2) is 24.3 Å². The van der Waals surface area contributed by atoms with Crippen LogP contribution in [-0.4, -0.2) is 24.8 Å². The Morgan fingerprint density at radius 3 is 2.60 bits per heavy atom. The molecule has 0 unspecified atom stereocenters. The Hall–Kier alpha value is -1.59. The molecule has 0 atom stereocenters. The monoisotopic (exact) mass is 211 g/mol. The number of rotatable bonds is 5. The number of benzene rings is 1. The summed E-state index contributed by atoms with van der Waals surface area (Å²) in [7, 11) is 1.55. The molecular weight excluding hydrogens is 198 g/mol. The summed E-state index contributed by atoms with van der Waals surface area (Å²) in [6, 6.07) is 6.90. The van der Waals surface area contributed by atoms with E-state index in [0.717, 1.165) is 5.56 Å². The first-order valence-corrected chi connectivity index (χ1v) is 4.45. The van der Waals surface area contributed by atoms with E-state index in [4.69, 9.17) is 9.99 Å². The topological polar surface area (TPSA) is 67.8 Å². The van der Waals surface area contributed by atoms with Crippen molar-refractivity contribution in [2.24, 2.45) is 0 Å². The first-order valence-electron chi connectivity index (χ1n) is 4.45. The Kier molecular flexibility index (Phi) is 4.59. The van der Waals surface area contributed by atoms with Gasteiger partial charge in [-0.1, -0.05) is 12.1 Å². The molecule has 0 fully saturated rings. The normalized spacial score (nSPS) is 9.73. The third kappa shape index (κ3) is 3.97. The molecule has 0 aliphatic heterocycles. The smallest absolute Gasteiger partial charge is 0.257 e. The molecule has 1 aromatic carbocycles. The van der Waals surface area contributed by atoms with Crippen molar-refractivity contribution in [1.82, 2.24) is 5.32 Å². The van der Waals surface area contributed by atoms with Gasteiger partial charge in [-0.25, -0.2) is 4.89 Å². The third-order valence-electron chi connectivity index (χ3n) is 1.80. The maximum Gasteiger partial charge on any atom is 0.257 e. The number of nitrogens with one attached hydrogen (secondary N) is 1. The van der Waals surface area contributed by atoms with Crippen LogP contribution in [0.4, 0.5) is 0 Å². The van der Waals surface area contributed by atoms with Crippen molar-refractivity contribution in [3.8, 4) is 5.75 Å². The van der Waals surface area contributed by atoms with Gasteiger partial charge < -0.3 is 10.1 Å². The minimum atomic E-state index is -0.183. The zero-order valence-electron chi connectivity index (χ0n) is 8.40. The van der Waals surface area contributed by atoms with E-state index in [1.807, 2.05) is 0 Å². The van der Waals surface area contributed by atoms with E-state index in [-0.39, 0.29) is 19.1 Å². The molecule has 0 heterocycles. The zero-order chi connectivity index (χ0) is 11.1. The van der Waals surface area contributed by atoms with Crippen molar-refractivity contribution in [3.05, 3.63) is 29.8 Å². The van der Waals surface area contributed by atoms with Gasteiger partial charge in [-0.3, -0.25) is 10.1 Å². The molecule has 0 radical (unpaired) electrons. The first kappa shape index (κ1) is 11.5. The molecule has 1 aromatic rings. The lowest BCUT2D eigenvalue weighted by atomic mass is 10.2. The lowest BCUT2D eigenvalue weighted by Crippen LogP contribution is -2.24. The van der Waals surface area contributed by atoms with Crippen LogP contribution in [0.1, 0.15) is 5.56 Å². The molecule has 0 aromatic heterocycles. The van der Waals surface area contributed by atoms with Crippen LogP contribution < -0.4 is 10.1 Å². The molecular formula is C10H13NO4. The van der Waals surface area contributed by atoms with Gasteiger partial charge >= 0.3 is 0 Å². The second kappa shape index (κ2) is 6.00. The highest BCUT2D eigenvalue weighted by molar-refractivity contribution is 5.77. The van der Waals surface area contributed by atoms with Crippen LogP contribution in [0, 0.1) is 0 Å². The van der Waals surface area contributed by atoms with Gasteiger partial charge in [0.15, 0.2) is 6.61 Å². The van der Waals surface area contributed by atoms with Crippen molar-refractivity contribution >= 4 is 5.91 Å². The van der Waals surface area contributed by atoms with E-state index >= 15 is 0 Å². The quantitative estimate of drug-likeness (QED) is 0.558. The fraction of sp³-hybridized carbons (Fsp3) is 0.300. The van der Waals surface area contributed by atoms with Crippen molar-refractivity contribution in [1.29, 1.82) is 0 Å². The number of likely N-dealkylation sites (N-methyl/N-ethyl adjacent to an activating group) is 1. The average molecular weight is 211 g/mol. The van der Waals surface area contributed by atoms with Crippen LogP contribution in [-0.2, 0) is 16.3 Å². The molecule has 15 heavy (non-hydrogen) atoms. The van der Waals surface area contributed by atoms with E-state index in [9.17, 15) is 4.79 Å². The number of hydrogen-bond donors (Lipinski definition) is 2. The number of hydrogen-bond acceptors (Lipinski definition) is 4. The number of amides is 1. The van der Waals surface area contributed by atoms with Crippen LogP contribution >= 0.6 is 0 Å². The van der Waals surface area contributed by atoms with E-state index in [1.165, 1.54) is 0 Å². The minimum absolute atomic E-state index is 0.00759. The Morgan fingerprint density at radius 1 is 1.40 bits per heavy atom. The SMILES string of the molecule is CNC(=O)COc1ccc(COO)cc1. The van der Waals surface area contributed by atoms with Gasteiger partial charge in [0.1, 0.15) is 12.4 Å². The summed E-state index contributed by atoms with van der Waals surface area (Å²) in [5, 5.41) is 10.7. The van der Waals surface area contributed by atoms with Crippen LogP contribution in [0.3, 0.4) is 0 Å². The number of carbonyl (C=O) groups excluding carboxylic acids is 1. The van der Waals surface area contributed by atoms with Gasteiger partial charge in [0.05, 0.1) is 0 Å². The van der Waals surface area contributed by atoms with Crippen molar-refractivity contribution in [3.63, 3.8) is 0 Å². The molecule has 5 heteroatoms. The molecule has 82 valence electrons. The maximum atomic E-state index is 10.9. The van der Waals surface area contributed by atoms with Crippen LogP contribution in [0.25, 0.3) is 0 Å². The Balaban J connectivity index is 2.45. The summed E-state index contributed by atoms with van der Waals surface area (Å²) in [4.78, 5) is 14.8. The van der Waals surface area contributed by atoms with Gasteiger partial charge in [0, 0.05) is 7.05 Å². The highest BCUT2D eigenvalue weighted by atomic mass is 17.1. The van der Waals surface area contributed by atoms with Crippen molar-refractivity contribution in [2.75, 3.05) is 13.7 Å². The van der Waals surface area contributed by atoms with Crippen LogP contribution in [0.2, 0.25) is 0 Å². The van der Waals surface area contributed by atoms with E-state index in [0.29, 0.717) is 5.75 Å². The molecule has 2 N–H and O–H groups in total. The van der Waals surface area contributed by atoms with Gasteiger partial charge in [-0.15, -0.1) is 0 Å². The Labute approximate surface area is 87.6 Å². The average Bonchev–Trinajstić information content (AvgIpc) is 2.28. The Bertz CT molecular complexity index is 310. The fourth-order valence-electron chi connectivity index (χ4n) is 0.977. The van der Waals surface area contributed by atoms with Gasteiger partial charge in [0.25, 0.3) is 5.91 Å². The standard InChI is InChI=1S/C10H13NO4/c1-11-10(12)7-14-9-4-2-8(3-5-9)6-15-13/h2-5,13H,6-7H2,1H3,(H,11,12). The van der Waals surface area contributed by atoms with Gasteiger partial charge in [-0.2, -0.15) is 0 Å². The number of ether oxygens (including phenoxy) is 1. The predicted octanol–water partition coefficient (Wildman–Crippen LogP) is 0.801. The fourth-order valence-corrected chi connectivity index (χ4v) is 0.977. The molecule has 0 spiro atoms. The molecule has 0 bridgehead atoms. The first-order chi connectivity index (χ1) is 7.26. The summed E-state index contributed by atoms with van der Waals surface area (Å²) in [6.45, 7) is 0.127. The summed E-state index contributed by atoms with van der Waals surface area (Å²) in [6.07, 6.45) is 0. The Morgan fingerprint density at radius 2 is 2.07 bits per heavy atom. The lowest BCUT2D eigenvalue weighted by molar-refractivity contribution is -0.253. The number of carbonyl (C=O) groups is 1. The highest BCUT2D eigenvalue weighted by Crippen LogP contribution is 2.12. The molecule has 1 amide bonds. The van der Waals surface area contributed by atoms with Crippen molar-refractivity contribution < 1.29 is 19.7 Å². The predicted molar refractivity (Wildman–Crippen MR) is 53.4 cm³/mol. The van der Waals surface area contributed by atoms with E-state index in [2.05, 4.69) is 10.2 Å². The van der Waals surface area contributed by atoms with Crippen LogP contribution in [0.5, 0.6) is 5.75 Å². The summed E-state index contributed by atoms with van der Waals surface area (Å²) in [5.74, 6) is 0.415. The minimum Gasteiger partial charge on any atom is -0.484 e. The van der Waals surface area contributed by atoms with Gasteiger partial charge in [0.2, 0.25) is 0 Å². The highest BCUT2D eigenvalue weighted by Gasteiger charge is 1.99. The summed E-state index contributed by atoms with van der Waals surface area (Å²) in [5.41, 5.74) is 0.824. The largest absolute Gasteiger partial charge is 0.484 e. The van der Waals surface area contributed by atoms with E-state index < -0.39 is 0 Å².